The number of ether oxygens (including phenoxy) is 1. The molecule has 1 fully saturated rings. The van der Waals surface area contributed by atoms with E-state index in [-0.39, 0.29) is 6.10 Å². The van der Waals surface area contributed by atoms with Crippen LogP contribution in [0.5, 0.6) is 0 Å². The second-order valence-electron chi connectivity index (χ2n) is 6.45. The SMILES string of the molecule is CCNC(=NCc1cc(Br)cs1)NCC1CN(CC(C)C)CCO1. The zero-order valence-corrected chi connectivity index (χ0v) is 17.3. The highest BCUT2D eigenvalue weighted by Gasteiger charge is 2.21. The van der Waals surface area contributed by atoms with Gasteiger partial charge in [-0.05, 0) is 34.8 Å². The molecule has 24 heavy (non-hydrogen) atoms. The highest BCUT2D eigenvalue weighted by Crippen LogP contribution is 2.20. The maximum atomic E-state index is 5.89. The monoisotopic (exact) mass is 416 g/mol. The van der Waals surface area contributed by atoms with Gasteiger partial charge in [0.25, 0.3) is 0 Å². The van der Waals surface area contributed by atoms with E-state index in [9.17, 15) is 0 Å². The first kappa shape index (κ1) is 19.7. The molecule has 1 aromatic heterocycles. The molecule has 5 nitrogen and oxygen atoms in total. The van der Waals surface area contributed by atoms with Gasteiger partial charge in [-0.1, -0.05) is 13.8 Å². The van der Waals surface area contributed by atoms with E-state index >= 15 is 0 Å². The topological polar surface area (TPSA) is 48.9 Å². The fourth-order valence-electron chi connectivity index (χ4n) is 2.73. The number of morpholine rings is 1. The van der Waals surface area contributed by atoms with Gasteiger partial charge in [0.05, 0.1) is 19.3 Å². The van der Waals surface area contributed by atoms with E-state index in [0.29, 0.717) is 12.5 Å². The lowest BCUT2D eigenvalue weighted by Gasteiger charge is -2.34. The van der Waals surface area contributed by atoms with Crippen LogP contribution in [-0.4, -0.2) is 56.3 Å². The third-order valence-electron chi connectivity index (χ3n) is 3.70. The van der Waals surface area contributed by atoms with Gasteiger partial charge >= 0.3 is 0 Å². The summed E-state index contributed by atoms with van der Waals surface area (Å²) in [6.45, 7) is 12.9. The summed E-state index contributed by atoms with van der Waals surface area (Å²) >= 11 is 5.21. The highest BCUT2D eigenvalue weighted by molar-refractivity contribution is 9.10. The van der Waals surface area contributed by atoms with Gasteiger partial charge in [0.15, 0.2) is 5.96 Å². The Morgan fingerprint density at radius 3 is 3.00 bits per heavy atom. The van der Waals surface area contributed by atoms with Crippen LogP contribution in [0.3, 0.4) is 0 Å². The summed E-state index contributed by atoms with van der Waals surface area (Å²) in [5.41, 5.74) is 0. The van der Waals surface area contributed by atoms with Crippen LogP contribution in [0, 0.1) is 5.92 Å². The molecule has 0 bridgehead atoms. The Morgan fingerprint density at radius 2 is 2.33 bits per heavy atom. The zero-order chi connectivity index (χ0) is 17.4. The number of thiophene rings is 1. The van der Waals surface area contributed by atoms with E-state index in [1.807, 2.05) is 0 Å². The van der Waals surface area contributed by atoms with Gasteiger partial charge in [-0.25, -0.2) is 4.99 Å². The molecule has 1 unspecified atom stereocenters. The zero-order valence-electron chi connectivity index (χ0n) is 14.8. The van der Waals surface area contributed by atoms with E-state index in [1.165, 1.54) is 4.88 Å². The molecule has 1 aromatic rings. The smallest absolute Gasteiger partial charge is 0.191 e. The van der Waals surface area contributed by atoms with Crippen LogP contribution in [0.2, 0.25) is 0 Å². The van der Waals surface area contributed by atoms with Crippen molar-refractivity contribution in [2.75, 3.05) is 39.3 Å². The molecule has 1 aliphatic rings. The second kappa shape index (κ2) is 10.4. The minimum Gasteiger partial charge on any atom is -0.374 e. The van der Waals surface area contributed by atoms with E-state index in [1.54, 1.807) is 11.3 Å². The average Bonchev–Trinajstić information content (AvgIpc) is 2.95. The normalized spacial score (nSPS) is 19.7. The molecule has 0 spiro atoms. The van der Waals surface area contributed by atoms with Crippen molar-refractivity contribution in [2.45, 2.75) is 33.4 Å². The van der Waals surface area contributed by atoms with E-state index in [2.05, 4.69) is 68.7 Å². The molecule has 0 radical (unpaired) electrons. The van der Waals surface area contributed by atoms with Gasteiger partial charge in [-0.15, -0.1) is 11.3 Å². The third-order valence-corrected chi connectivity index (χ3v) is 5.38. The molecule has 136 valence electrons. The largest absolute Gasteiger partial charge is 0.374 e. The van der Waals surface area contributed by atoms with Gasteiger partial charge < -0.3 is 15.4 Å². The van der Waals surface area contributed by atoms with Crippen LogP contribution in [0.15, 0.2) is 20.9 Å². The Morgan fingerprint density at radius 1 is 1.50 bits per heavy atom. The maximum Gasteiger partial charge on any atom is 0.191 e. The van der Waals surface area contributed by atoms with Crippen molar-refractivity contribution in [2.24, 2.45) is 10.9 Å². The number of nitrogens with zero attached hydrogens (tertiary/aromatic N) is 2. The molecular formula is C17H29BrN4OS. The quantitative estimate of drug-likeness (QED) is 0.529. The van der Waals surface area contributed by atoms with E-state index in [4.69, 9.17) is 4.74 Å². The van der Waals surface area contributed by atoms with Crippen LogP contribution in [0.4, 0.5) is 0 Å². The molecule has 2 N–H and O–H groups in total. The lowest BCUT2D eigenvalue weighted by Crippen LogP contribution is -2.50. The first-order valence-electron chi connectivity index (χ1n) is 8.65. The van der Waals surface area contributed by atoms with Crippen molar-refractivity contribution in [1.82, 2.24) is 15.5 Å². The van der Waals surface area contributed by atoms with Gasteiger partial charge in [0.1, 0.15) is 0 Å². The second-order valence-corrected chi connectivity index (χ2v) is 8.36. The summed E-state index contributed by atoms with van der Waals surface area (Å²) in [6, 6.07) is 2.12. The van der Waals surface area contributed by atoms with E-state index < -0.39 is 0 Å². The van der Waals surface area contributed by atoms with Crippen molar-refractivity contribution in [1.29, 1.82) is 0 Å². The fraction of sp³-hybridized carbons (Fsp3) is 0.706. The molecule has 2 rings (SSSR count). The van der Waals surface area contributed by atoms with Crippen molar-refractivity contribution in [3.05, 3.63) is 20.8 Å². The van der Waals surface area contributed by atoms with Crippen molar-refractivity contribution < 1.29 is 4.74 Å². The Bertz CT molecular complexity index is 520. The number of hydrogen-bond acceptors (Lipinski definition) is 4. The molecule has 0 saturated carbocycles. The summed E-state index contributed by atoms with van der Waals surface area (Å²) in [7, 11) is 0. The van der Waals surface area contributed by atoms with Crippen LogP contribution < -0.4 is 10.6 Å². The van der Waals surface area contributed by atoms with Gasteiger partial charge in [0, 0.05) is 47.5 Å². The Labute approximate surface area is 158 Å². The molecule has 1 saturated heterocycles. The fourth-order valence-corrected chi connectivity index (χ4v) is 4.11. The number of nitrogens with one attached hydrogen (secondary N) is 2. The number of guanidine groups is 1. The van der Waals surface area contributed by atoms with Gasteiger partial charge in [-0.2, -0.15) is 0 Å². The molecule has 1 atom stereocenters. The first-order valence-corrected chi connectivity index (χ1v) is 10.3. The summed E-state index contributed by atoms with van der Waals surface area (Å²) < 4.78 is 7.02. The molecule has 0 amide bonds. The van der Waals surface area contributed by atoms with Gasteiger partial charge in [-0.3, -0.25) is 4.90 Å². The minimum absolute atomic E-state index is 0.220. The van der Waals surface area contributed by atoms with Crippen molar-refractivity contribution in [3.63, 3.8) is 0 Å². The molecule has 2 heterocycles. The third kappa shape index (κ3) is 7.09. The van der Waals surface area contributed by atoms with Crippen LogP contribution >= 0.6 is 27.3 Å². The van der Waals surface area contributed by atoms with Crippen molar-refractivity contribution >= 4 is 33.2 Å². The predicted molar refractivity (Wildman–Crippen MR) is 106 cm³/mol. The molecule has 1 aliphatic heterocycles. The number of rotatable bonds is 7. The molecule has 0 aliphatic carbocycles. The van der Waals surface area contributed by atoms with Crippen LogP contribution in [0.1, 0.15) is 25.6 Å². The van der Waals surface area contributed by atoms with Crippen molar-refractivity contribution in [3.8, 4) is 0 Å². The lowest BCUT2D eigenvalue weighted by atomic mass is 10.2. The standard InChI is InChI=1S/C17H29BrN4OS/c1-4-19-17(21-9-16-7-14(18)12-24-16)20-8-15-11-22(5-6-23-15)10-13(2)3/h7,12-13,15H,4-6,8-11H2,1-3H3,(H2,19,20,21). The average molecular weight is 417 g/mol. The summed E-state index contributed by atoms with van der Waals surface area (Å²) in [5.74, 6) is 1.55. The van der Waals surface area contributed by atoms with Crippen LogP contribution in [0.25, 0.3) is 0 Å². The first-order chi connectivity index (χ1) is 11.6. The summed E-state index contributed by atoms with van der Waals surface area (Å²) in [6.07, 6.45) is 0.220. The summed E-state index contributed by atoms with van der Waals surface area (Å²) in [5, 5.41) is 8.81. The lowest BCUT2D eigenvalue weighted by molar-refractivity contribution is -0.0284. The van der Waals surface area contributed by atoms with Gasteiger partial charge in [0.2, 0.25) is 0 Å². The minimum atomic E-state index is 0.220. The summed E-state index contributed by atoms with van der Waals surface area (Å²) in [4.78, 5) is 8.40. The molecule has 0 aromatic carbocycles. The number of hydrogen-bond donors (Lipinski definition) is 2. The van der Waals surface area contributed by atoms with Crippen LogP contribution in [-0.2, 0) is 11.3 Å². The number of halogens is 1. The Hall–Kier alpha value is -0.630. The Kier molecular flexibility index (Phi) is 8.52. The molecule has 7 heteroatoms. The Balaban J connectivity index is 1.81. The van der Waals surface area contributed by atoms with E-state index in [0.717, 1.165) is 49.8 Å². The predicted octanol–water partition coefficient (Wildman–Crippen LogP) is 2.92. The molecular weight excluding hydrogens is 388 g/mol. The maximum absolute atomic E-state index is 5.89. The highest BCUT2D eigenvalue weighted by atomic mass is 79.9. The number of aliphatic imine (C=N–C) groups is 1.